The lowest BCUT2D eigenvalue weighted by molar-refractivity contribution is -0.162. The molecule has 5 fully saturated rings. The second-order valence-corrected chi connectivity index (χ2v) is 11.5. The third-order valence-electron chi connectivity index (χ3n) is 10.5. The summed E-state index contributed by atoms with van der Waals surface area (Å²) in [5.74, 6) is 2.21. The number of hydrogen-bond acceptors (Lipinski definition) is 5. The highest BCUT2D eigenvalue weighted by atomic mass is 16.6. The molecule has 5 nitrogen and oxygen atoms in total. The number of hydrogen-bond donors (Lipinski definition) is 0. The summed E-state index contributed by atoms with van der Waals surface area (Å²) in [4.78, 5) is 23.0. The first-order valence-electron chi connectivity index (χ1n) is 12.2. The Kier molecular flexibility index (Phi) is 4.17. The van der Waals surface area contributed by atoms with E-state index in [0.717, 1.165) is 31.2 Å². The van der Waals surface area contributed by atoms with Crippen LogP contribution in [0, 0.1) is 28.6 Å². The summed E-state index contributed by atoms with van der Waals surface area (Å²) in [6, 6.07) is 3.54. The molecule has 1 aromatic heterocycles. The van der Waals surface area contributed by atoms with E-state index in [9.17, 15) is 9.59 Å². The van der Waals surface area contributed by atoms with Gasteiger partial charge >= 0.3 is 11.6 Å². The van der Waals surface area contributed by atoms with Gasteiger partial charge in [-0.15, -0.1) is 0 Å². The third-order valence-corrected chi connectivity index (χ3v) is 10.5. The highest BCUT2D eigenvalue weighted by Gasteiger charge is 2.80. The number of ether oxygens (including phenoxy) is 2. The molecule has 1 aliphatic heterocycles. The SMILES string of the molecule is CC(=O)O[C@H]1CC[C@]2(C)C3CC[C@]4(C)[C@@H](c5ccc(=O)oc5)C[C@H]5O[C@]54C3CC[C@@H]2C1. The lowest BCUT2D eigenvalue weighted by Gasteiger charge is -2.61. The van der Waals surface area contributed by atoms with Crippen LogP contribution in [0.5, 0.6) is 0 Å². The summed E-state index contributed by atoms with van der Waals surface area (Å²) >= 11 is 0. The quantitative estimate of drug-likeness (QED) is 0.500. The van der Waals surface area contributed by atoms with E-state index in [2.05, 4.69) is 13.8 Å². The van der Waals surface area contributed by atoms with E-state index >= 15 is 0 Å². The number of fused-ring (bicyclic) bond motifs is 3. The fourth-order valence-corrected chi connectivity index (χ4v) is 9.06. The van der Waals surface area contributed by atoms with Crippen LogP contribution in [0.4, 0.5) is 0 Å². The van der Waals surface area contributed by atoms with Gasteiger partial charge in [0.1, 0.15) is 11.7 Å². The Balaban J connectivity index is 1.28. The molecule has 9 atom stereocenters. The molecule has 1 saturated heterocycles. The van der Waals surface area contributed by atoms with Crippen molar-refractivity contribution in [1.29, 1.82) is 0 Å². The second kappa shape index (κ2) is 6.46. The molecular weight excluding hydrogens is 392 g/mol. The summed E-state index contributed by atoms with van der Waals surface area (Å²) in [6.45, 7) is 6.50. The average Bonchev–Trinajstić information content (AvgIpc) is 3.39. The molecule has 5 heteroatoms. The molecule has 4 aliphatic carbocycles. The minimum absolute atomic E-state index is 0.00255. The van der Waals surface area contributed by atoms with Gasteiger partial charge in [-0.25, -0.2) is 4.79 Å². The summed E-state index contributed by atoms with van der Waals surface area (Å²) in [6.07, 6.45) is 11.2. The normalized spacial score (nSPS) is 49.9. The molecule has 1 spiro atoms. The van der Waals surface area contributed by atoms with Crippen LogP contribution in [-0.2, 0) is 14.3 Å². The van der Waals surface area contributed by atoms with Crippen LogP contribution in [-0.4, -0.2) is 23.8 Å². The van der Waals surface area contributed by atoms with Crippen LogP contribution in [0.15, 0.2) is 27.6 Å². The van der Waals surface area contributed by atoms with Crippen molar-refractivity contribution in [2.24, 2.45) is 28.6 Å². The van der Waals surface area contributed by atoms with Gasteiger partial charge in [0.05, 0.1) is 12.4 Å². The molecule has 5 aliphatic rings. The number of rotatable bonds is 2. The minimum atomic E-state index is -0.276. The Morgan fingerprint density at radius 1 is 1.06 bits per heavy atom. The van der Waals surface area contributed by atoms with E-state index in [1.807, 2.05) is 6.07 Å². The zero-order valence-electron chi connectivity index (χ0n) is 18.9. The van der Waals surface area contributed by atoms with Crippen molar-refractivity contribution in [2.45, 2.75) is 95.9 Å². The minimum Gasteiger partial charge on any atom is -0.463 e. The first-order valence-corrected chi connectivity index (χ1v) is 12.2. The van der Waals surface area contributed by atoms with E-state index in [0.29, 0.717) is 35.2 Å². The maximum atomic E-state index is 11.5. The molecule has 0 aromatic carbocycles. The Labute approximate surface area is 183 Å². The van der Waals surface area contributed by atoms with Crippen molar-refractivity contribution < 1.29 is 18.7 Å². The molecular formula is C26H34O5. The summed E-state index contributed by atoms with van der Waals surface area (Å²) in [5.41, 5.74) is 1.32. The Morgan fingerprint density at radius 3 is 2.65 bits per heavy atom. The predicted octanol–water partition coefficient (Wildman–Crippen LogP) is 4.83. The average molecular weight is 427 g/mol. The monoisotopic (exact) mass is 426 g/mol. The molecule has 1 aromatic rings. The van der Waals surface area contributed by atoms with Gasteiger partial charge < -0.3 is 13.9 Å². The Morgan fingerprint density at radius 2 is 1.90 bits per heavy atom. The Hall–Kier alpha value is -1.62. The van der Waals surface area contributed by atoms with Gasteiger partial charge in [0.2, 0.25) is 0 Å². The zero-order valence-corrected chi connectivity index (χ0v) is 18.9. The van der Waals surface area contributed by atoms with Crippen molar-refractivity contribution >= 4 is 5.97 Å². The van der Waals surface area contributed by atoms with Gasteiger partial charge in [-0.3, -0.25) is 4.79 Å². The molecule has 31 heavy (non-hydrogen) atoms. The van der Waals surface area contributed by atoms with E-state index in [1.54, 1.807) is 12.3 Å². The van der Waals surface area contributed by atoms with Crippen LogP contribution < -0.4 is 5.63 Å². The first kappa shape index (κ1) is 20.0. The van der Waals surface area contributed by atoms with Crippen LogP contribution in [0.1, 0.15) is 83.6 Å². The first-order chi connectivity index (χ1) is 14.8. The topological polar surface area (TPSA) is 69.0 Å². The second-order valence-electron chi connectivity index (χ2n) is 11.5. The van der Waals surface area contributed by atoms with Crippen molar-refractivity contribution in [3.8, 4) is 0 Å². The van der Waals surface area contributed by atoms with Crippen LogP contribution >= 0.6 is 0 Å². The summed E-state index contributed by atoms with van der Waals surface area (Å²) < 4.78 is 17.5. The highest BCUT2D eigenvalue weighted by molar-refractivity contribution is 5.66. The Bertz CT molecular complexity index is 948. The van der Waals surface area contributed by atoms with Gasteiger partial charge in [-0.05, 0) is 92.1 Å². The molecule has 2 heterocycles. The lowest BCUT2D eigenvalue weighted by atomic mass is 9.44. The largest absolute Gasteiger partial charge is 0.463 e. The molecule has 0 radical (unpaired) electrons. The van der Waals surface area contributed by atoms with Gasteiger partial charge in [0, 0.05) is 18.4 Å². The zero-order chi connectivity index (χ0) is 21.6. The maximum Gasteiger partial charge on any atom is 0.335 e. The number of epoxide rings is 1. The van der Waals surface area contributed by atoms with E-state index < -0.39 is 0 Å². The van der Waals surface area contributed by atoms with Crippen molar-refractivity contribution in [2.75, 3.05) is 0 Å². The lowest BCUT2D eigenvalue weighted by Crippen LogP contribution is -2.58. The van der Waals surface area contributed by atoms with Crippen molar-refractivity contribution in [1.82, 2.24) is 0 Å². The van der Waals surface area contributed by atoms with E-state index in [-0.39, 0.29) is 28.7 Å². The number of esters is 1. The van der Waals surface area contributed by atoms with Crippen LogP contribution in [0.3, 0.4) is 0 Å². The third kappa shape index (κ3) is 2.59. The fourth-order valence-electron chi connectivity index (χ4n) is 9.06. The van der Waals surface area contributed by atoms with Crippen LogP contribution in [0.2, 0.25) is 0 Å². The highest BCUT2D eigenvalue weighted by Crippen LogP contribution is 2.77. The van der Waals surface area contributed by atoms with E-state index in [4.69, 9.17) is 13.9 Å². The maximum absolute atomic E-state index is 11.5. The smallest absolute Gasteiger partial charge is 0.335 e. The van der Waals surface area contributed by atoms with Crippen molar-refractivity contribution in [3.05, 3.63) is 34.4 Å². The van der Waals surface area contributed by atoms with E-state index in [1.165, 1.54) is 32.6 Å². The molecule has 0 bridgehead atoms. The number of carbonyl (C=O) groups excluding carboxylic acids is 1. The molecule has 0 amide bonds. The van der Waals surface area contributed by atoms with Gasteiger partial charge in [0.15, 0.2) is 0 Å². The van der Waals surface area contributed by atoms with Gasteiger partial charge in [-0.2, -0.15) is 0 Å². The molecule has 0 N–H and O–H groups in total. The van der Waals surface area contributed by atoms with Crippen molar-refractivity contribution in [3.63, 3.8) is 0 Å². The summed E-state index contributed by atoms with van der Waals surface area (Å²) in [5, 5.41) is 0. The van der Waals surface area contributed by atoms with Gasteiger partial charge in [-0.1, -0.05) is 13.8 Å². The summed E-state index contributed by atoms with van der Waals surface area (Å²) in [7, 11) is 0. The molecule has 4 saturated carbocycles. The molecule has 6 rings (SSSR count). The van der Waals surface area contributed by atoms with Gasteiger partial charge in [0.25, 0.3) is 0 Å². The van der Waals surface area contributed by atoms with Crippen LogP contribution in [0.25, 0.3) is 0 Å². The fraction of sp³-hybridized carbons (Fsp3) is 0.769. The number of carbonyl (C=O) groups is 1. The molecule has 168 valence electrons. The standard InChI is InChI=1S/C26H34O5/c1-15(27)30-18-8-10-24(2)17(12-18)5-6-20-19(24)9-11-25(3)21(13-22-26(20,25)31-22)16-4-7-23(28)29-14-16/h4,7,14,17-22H,5-6,8-13H2,1-3H3/t17-,18+,19?,20?,21-,22-,24+,25-,26-/m1/s1. The molecule has 2 unspecified atom stereocenters. The predicted molar refractivity (Wildman–Crippen MR) is 114 cm³/mol.